The van der Waals surface area contributed by atoms with Crippen LogP contribution in [0.1, 0.15) is 0 Å². The van der Waals surface area contributed by atoms with Crippen LogP contribution >= 0.6 is 34.8 Å². The maximum Gasteiger partial charge on any atom is 0.281 e. The maximum absolute atomic E-state index is 8.17. The van der Waals surface area contributed by atoms with Gasteiger partial charge in [-0.3, -0.25) is 0 Å². The molecule has 0 aromatic rings. The van der Waals surface area contributed by atoms with Crippen molar-refractivity contribution in [3.05, 3.63) is 9.15 Å². The molecule has 0 aliphatic rings. The van der Waals surface area contributed by atoms with Gasteiger partial charge in [-0.05, 0) is 0 Å². The van der Waals surface area contributed by atoms with E-state index in [1.807, 2.05) is 0 Å². The SMILES string of the molecule is O[Si]C(Cl)=C(Cl)Cl. The Labute approximate surface area is 58.8 Å². The van der Waals surface area contributed by atoms with Gasteiger partial charge in [0.25, 0.3) is 9.76 Å². The molecule has 0 fully saturated rings. The molecule has 0 aromatic heterocycles. The Morgan fingerprint density at radius 3 is 1.71 bits per heavy atom. The Hall–Kier alpha value is 0.787. The largest absolute Gasteiger partial charge is 0.427 e. The lowest BCUT2D eigenvalue weighted by atomic mass is 11.2. The number of hydrogen-bond donors (Lipinski definition) is 1. The highest BCUT2D eigenvalue weighted by molar-refractivity contribution is 6.69. The van der Waals surface area contributed by atoms with Gasteiger partial charge >= 0.3 is 0 Å². The molecule has 0 bridgehead atoms. The van der Waals surface area contributed by atoms with Crippen LogP contribution in [0.4, 0.5) is 0 Å². The maximum atomic E-state index is 8.17. The van der Waals surface area contributed by atoms with Crippen LogP contribution in [0.25, 0.3) is 0 Å². The Bertz CT molecular complexity index is 86.9. The van der Waals surface area contributed by atoms with Crippen molar-refractivity contribution in [3.8, 4) is 0 Å². The van der Waals surface area contributed by atoms with E-state index in [1.54, 1.807) is 0 Å². The monoisotopic (exact) mass is 174 g/mol. The van der Waals surface area contributed by atoms with Crippen LogP contribution in [0.3, 0.4) is 0 Å². The molecule has 0 rings (SSSR count). The zero-order chi connectivity index (χ0) is 5.86. The van der Waals surface area contributed by atoms with E-state index in [0.717, 1.165) is 0 Å². The molecule has 0 unspecified atom stereocenters. The molecule has 0 saturated carbocycles. The minimum absolute atomic E-state index is 0.0671. The third-order valence-electron chi connectivity index (χ3n) is 0.264. The highest BCUT2D eigenvalue weighted by Crippen LogP contribution is 2.14. The highest BCUT2D eigenvalue weighted by Gasteiger charge is 1.95. The van der Waals surface area contributed by atoms with Gasteiger partial charge in [0, 0.05) is 0 Å². The molecule has 1 N–H and O–H groups in total. The summed E-state index contributed by atoms with van der Waals surface area (Å²) in [6, 6.07) is 0. The summed E-state index contributed by atoms with van der Waals surface area (Å²) >= 11 is 15.4. The quantitative estimate of drug-likeness (QED) is 0.598. The van der Waals surface area contributed by atoms with Crippen molar-refractivity contribution < 1.29 is 4.80 Å². The second-order valence-electron chi connectivity index (χ2n) is 0.686. The molecule has 0 aliphatic heterocycles. The van der Waals surface area contributed by atoms with Crippen molar-refractivity contribution in [2.75, 3.05) is 0 Å². The van der Waals surface area contributed by atoms with Gasteiger partial charge in [0.1, 0.15) is 4.49 Å². The first-order valence-corrected chi connectivity index (χ1v) is 3.37. The van der Waals surface area contributed by atoms with Gasteiger partial charge in [0.2, 0.25) is 0 Å². The number of halogens is 3. The molecule has 0 heterocycles. The Kier molecular flexibility index (Phi) is 4.17. The van der Waals surface area contributed by atoms with Crippen LogP contribution < -0.4 is 0 Å². The van der Waals surface area contributed by atoms with Crippen LogP contribution in [0.5, 0.6) is 0 Å². The van der Waals surface area contributed by atoms with Crippen molar-refractivity contribution in [1.82, 2.24) is 0 Å². The molecule has 1 nitrogen and oxygen atoms in total. The second kappa shape index (κ2) is 3.75. The zero-order valence-corrected chi connectivity index (χ0v) is 6.35. The third kappa shape index (κ3) is 3.38. The van der Waals surface area contributed by atoms with E-state index < -0.39 is 9.76 Å². The average Bonchev–Trinajstić information content (AvgIpc) is 1.65. The molecule has 0 spiro atoms. The zero-order valence-electron chi connectivity index (χ0n) is 3.08. The minimum atomic E-state index is -0.507. The molecular formula is C2HCl3OSi. The summed E-state index contributed by atoms with van der Waals surface area (Å²) in [5.74, 6) is 0. The first-order valence-electron chi connectivity index (χ1n) is 1.29. The van der Waals surface area contributed by atoms with Crippen LogP contribution in [0, 0.1) is 0 Å². The predicted octanol–water partition coefficient (Wildman–Crippen LogP) is 1.44. The van der Waals surface area contributed by atoms with Crippen LogP contribution in [0.15, 0.2) is 9.15 Å². The van der Waals surface area contributed by atoms with E-state index in [4.69, 9.17) is 39.6 Å². The van der Waals surface area contributed by atoms with E-state index in [-0.39, 0.29) is 9.15 Å². The Morgan fingerprint density at radius 2 is 1.71 bits per heavy atom. The number of rotatable bonds is 1. The fourth-order valence-electron chi connectivity index (χ4n) is 0.0423. The van der Waals surface area contributed by atoms with Gasteiger partial charge < -0.3 is 4.80 Å². The molecule has 5 heteroatoms. The Balaban J connectivity index is 3.72. The summed E-state index contributed by atoms with van der Waals surface area (Å²) < 4.78 is 0.0332. The molecule has 0 aliphatic carbocycles. The van der Waals surface area contributed by atoms with Gasteiger partial charge in [0.15, 0.2) is 0 Å². The molecule has 0 amide bonds. The predicted molar refractivity (Wildman–Crippen MR) is 32.6 cm³/mol. The normalized spacial score (nSPS) is 8.57. The van der Waals surface area contributed by atoms with Crippen molar-refractivity contribution in [1.29, 1.82) is 0 Å². The summed E-state index contributed by atoms with van der Waals surface area (Å²) in [4.78, 5) is 8.17. The number of hydrogen-bond acceptors (Lipinski definition) is 1. The van der Waals surface area contributed by atoms with Crippen LogP contribution in [-0.2, 0) is 0 Å². The van der Waals surface area contributed by atoms with Crippen molar-refractivity contribution in [3.63, 3.8) is 0 Å². The van der Waals surface area contributed by atoms with Gasteiger partial charge in [-0.15, -0.1) is 0 Å². The Morgan fingerprint density at radius 1 is 1.29 bits per heavy atom. The molecule has 2 radical (unpaired) electrons. The van der Waals surface area contributed by atoms with E-state index in [2.05, 4.69) is 0 Å². The molecule has 7 heavy (non-hydrogen) atoms. The first kappa shape index (κ1) is 7.79. The minimum Gasteiger partial charge on any atom is -0.427 e. The second-order valence-corrected chi connectivity index (χ2v) is 3.05. The molecule has 0 aromatic carbocycles. The fraction of sp³-hybridized carbons (Fsp3) is 0. The van der Waals surface area contributed by atoms with E-state index in [0.29, 0.717) is 0 Å². The summed E-state index contributed by atoms with van der Waals surface area (Å²) in [5.41, 5.74) is 0. The van der Waals surface area contributed by atoms with E-state index in [9.17, 15) is 0 Å². The smallest absolute Gasteiger partial charge is 0.281 e. The van der Waals surface area contributed by atoms with E-state index in [1.165, 1.54) is 0 Å². The molecular weight excluding hydrogens is 174 g/mol. The van der Waals surface area contributed by atoms with Gasteiger partial charge in [0.05, 0.1) is 4.66 Å². The lowest BCUT2D eigenvalue weighted by molar-refractivity contribution is 0.613. The fourth-order valence-corrected chi connectivity index (χ4v) is 0.380. The topological polar surface area (TPSA) is 20.2 Å². The van der Waals surface area contributed by atoms with Crippen LogP contribution in [-0.4, -0.2) is 14.6 Å². The lowest BCUT2D eigenvalue weighted by Gasteiger charge is -1.83. The van der Waals surface area contributed by atoms with Crippen molar-refractivity contribution >= 4 is 44.6 Å². The van der Waals surface area contributed by atoms with Crippen molar-refractivity contribution in [2.45, 2.75) is 0 Å². The van der Waals surface area contributed by atoms with Gasteiger partial charge in [-0.1, -0.05) is 34.8 Å². The summed E-state index contributed by atoms with van der Waals surface area (Å²) in [6.07, 6.45) is 0. The molecule has 40 valence electrons. The first-order chi connectivity index (χ1) is 3.18. The van der Waals surface area contributed by atoms with Crippen LogP contribution in [0.2, 0.25) is 0 Å². The standard InChI is InChI=1S/C2HCl3OSi/c3-1(4)2(5)7-6/h6H. The third-order valence-corrected chi connectivity index (χ3v) is 2.04. The summed E-state index contributed by atoms with van der Waals surface area (Å²) in [5, 5.41) is 0. The summed E-state index contributed by atoms with van der Waals surface area (Å²) in [6.45, 7) is 0. The van der Waals surface area contributed by atoms with Gasteiger partial charge in [-0.25, -0.2) is 0 Å². The summed E-state index contributed by atoms with van der Waals surface area (Å²) in [7, 11) is -0.507. The van der Waals surface area contributed by atoms with E-state index >= 15 is 0 Å². The lowest BCUT2D eigenvalue weighted by Crippen LogP contribution is -1.85. The highest BCUT2D eigenvalue weighted by atomic mass is 35.5. The van der Waals surface area contributed by atoms with Crippen molar-refractivity contribution in [2.24, 2.45) is 0 Å². The average molecular weight is 175 g/mol. The molecule has 0 saturated heterocycles. The van der Waals surface area contributed by atoms with Gasteiger partial charge in [-0.2, -0.15) is 0 Å². The molecule has 0 atom stereocenters.